The maximum atomic E-state index is 10.2. The van der Waals surface area contributed by atoms with Gasteiger partial charge in [0.1, 0.15) is 5.60 Å². The third kappa shape index (κ3) is 9.42. The summed E-state index contributed by atoms with van der Waals surface area (Å²) in [6, 6.07) is 20.9. The Labute approximate surface area is 194 Å². The number of allylic oxidation sites excluding steroid dienone is 3. The van der Waals surface area contributed by atoms with Gasteiger partial charge in [0.05, 0.1) is 18.5 Å². The molecule has 3 nitrogen and oxygen atoms in total. The highest BCUT2D eigenvalue weighted by molar-refractivity contribution is 5.24. The maximum Gasteiger partial charge on any atom is 0.130 e. The topological polar surface area (TPSA) is 38.7 Å². The Hall–Kier alpha value is -2.36. The molecule has 0 aromatic heterocycles. The Morgan fingerprint density at radius 1 is 0.844 bits per heavy atom. The molecule has 0 spiro atoms. The monoisotopic (exact) mass is 436 g/mol. The molecular weight excluding hydrogens is 396 g/mol. The van der Waals surface area contributed by atoms with Crippen molar-refractivity contribution in [1.82, 2.24) is 0 Å². The van der Waals surface area contributed by atoms with E-state index < -0.39 is 11.2 Å². The normalized spacial score (nSPS) is 13.7. The molecule has 1 N–H and O–H groups in total. The van der Waals surface area contributed by atoms with Crippen molar-refractivity contribution in [2.24, 2.45) is 0 Å². The van der Waals surface area contributed by atoms with Crippen LogP contribution in [0, 0.1) is 0 Å². The van der Waals surface area contributed by atoms with E-state index in [-0.39, 0.29) is 0 Å². The van der Waals surface area contributed by atoms with Crippen molar-refractivity contribution in [3.05, 3.63) is 96.3 Å². The number of hydrogen-bond donors (Lipinski definition) is 1. The number of rotatable bonds is 14. The molecule has 0 fully saturated rings. The van der Waals surface area contributed by atoms with Crippen LogP contribution in [0.3, 0.4) is 0 Å². The molecule has 2 rings (SSSR count). The smallest absolute Gasteiger partial charge is 0.130 e. The number of benzene rings is 2. The van der Waals surface area contributed by atoms with Crippen molar-refractivity contribution in [3.63, 3.8) is 0 Å². The fourth-order valence-electron chi connectivity index (χ4n) is 3.18. The molecule has 0 amide bonds. The standard InChI is InChI=1S/C29H40O3/c1-28(2,30)29(3,4)32-23-15-13-21-27(26-18-10-6-11-19-26)20-12-7-14-22-31-24-25-16-8-5-9-17-25/h5-6,8-11,13,15-19,21,23,27,30H,7,12,14,20,22,24H2,1-4H3/b21-13-,23-15+. The van der Waals surface area contributed by atoms with Gasteiger partial charge in [0.25, 0.3) is 0 Å². The molecule has 0 aliphatic carbocycles. The molecule has 32 heavy (non-hydrogen) atoms. The van der Waals surface area contributed by atoms with Gasteiger partial charge in [0, 0.05) is 12.5 Å². The Morgan fingerprint density at radius 3 is 2.16 bits per heavy atom. The van der Waals surface area contributed by atoms with E-state index in [0.717, 1.165) is 32.3 Å². The summed E-state index contributed by atoms with van der Waals surface area (Å²) in [6.07, 6.45) is 12.3. The van der Waals surface area contributed by atoms with E-state index in [1.807, 2.05) is 44.2 Å². The van der Waals surface area contributed by atoms with Crippen LogP contribution in [-0.4, -0.2) is 22.9 Å². The lowest BCUT2D eigenvalue weighted by atomic mass is 9.90. The first-order chi connectivity index (χ1) is 15.3. The van der Waals surface area contributed by atoms with Gasteiger partial charge in [-0.25, -0.2) is 0 Å². The second kappa shape index (κ2) is 13.2. The van der Waals surface area contributed by atoms with Crippen LogP contribution in [0.15, 0.2) is 85.2 Å². The van der Waals surface area contributed by atoms with Crippen LogP contribution >= 0.6 is 0 Å². The zero-order valence-corrected chi connectivity index (χ0v) is 20.2. The van der Waals surface area contributed by atoms with E-state index in [4.69, 9.17) is 9.47 Å². The van der Waals surface area contributed by atoms with Crippen LogP contribution in [0.5, 0.6) is 0 Å². The van der Waals surface area contributed by atoms with Gasteiger partial charge < -0.3 is 14.6 Å². The fourth-order valence-corrected chi connectivity index (χ4v) is 3.18. The van der Waals surface area contributed by atoms with E-state index in [1.54, 1.807) is 20.1 Å². The fraction of sp³-hybridized carbons (Fsp3) is 0.448. The number of unbranched alkanes of at least 4 members (excludes halogenated alkanes) is 2. The average molecular weight is 437 g/mol. The lowest BCUT2D eigenvalue weighted by Crippen LogP contribution is -2.46. The van der Waals surface area contributed by atoms with Crippen LogP contribution in [0.2, 0.25) is 0 Å². The maximum absolute atomic E-state index is 10.2. The lowest BCUT2D eigenvalue weighted by molar-refractivity contribution is -0.113. The molecule has 0 saturated carbocycles. The summed E-state index contributed by atoms with van der Waals surface area (Å²) in [5, 5.41) is 10.2. The Morgan fingerprint density at radius 2 is 1.50 bits per heavy atom. The SMILES string of the molecule is CC(C)(O)C(C)(C)O/C=C/C=C\C(CCCCCOCc1ccccc1)c1ccccc1. The Bertz CT molecular complexity index is 801. The van der Waals surface area contributed by atoms with Gasteiger partial charge in [-0.05, 0) is 57.7 Å². The predicted octanol–water partition coefficient (Wildman–Crippen LogP) is 7.18. The summed E-state index contributed by atoms with van der Waals surface area (Å²) in [6.45, 7) is 8.78. The van der Waals surface area contributed by atoms with E-state index >= 15 is 0 Å². The summed E-state index contributed by atoms with van der Waals surface area (Å²) in [4.78, 5) is 0. The van der Waals surface area contributed by atoms with E-state index in [0.29, 0.717) is 12.5 Å². The van der Waals surface area contributed by atoms with Crippen molar-refractivity contribution < 1.29 is 14.6 Å². The third-order valence-electron chi connectivity index (χ3n) is 6.01. The third-order valence-corrected chi connectivity index (χ3v) is 6.01. The highest BCUT2D eigenvalue weighted by atomic mass is 16.5. The second-order valence-electron chi connectivity index (χ2n) is 9.31. The zero-order valence-electron chi connectivity index (χ0n) is 20.2. The van der Waals surface area contributed by atoms with Crippen LogP contribution < -0.4 is 0 Å². The summed E-state index contributed by atoms with van der Waals surface area (Å²) in [5.74, 6) is 0.369. The van der Waals surface area contributed by atoms with Crippen molar-refractivity contribution in [2.45, 2.75) is 77.1 Å². The van der Waals surface area contributed by atoms with Gasteiger partial charge in [0.15, 0.2) is 0 Å². The first-order valence-electron chi connectivity index (χ1n) is 11.7. The highest BCUT2D eigenvalue weighted by Gasteiger charge is 2.36. The molecule has 3 heteroatoms. The molecule has 0 aliphatic rings. The quantitative estimate of drug-likeness (QED) is 0.194. The average Bonchev–Trinajstić information content (AvgIpc) is 2.77. The minimum Gasteiger partial charge on any atom is -0.492 e. The molecule has 0 aliphatic heterocycles. The second-order valence-corrected chi connectivity index (χ2v) is 9.31. The van der Waals surface area contributed by atoms with Gasteiger partial charge in [-0.15, -0.1) is 0 Å². The van der Waals surface area contributed by atoms with Crippen LogP contribution in [0.1, 0.15) is 70.4 Å². The Kier molecular flexibility index (Phi) is 10.7. The lowest BCUT2D eigenvalue weighted by Gasteiger charge is -2.36. The minimum atomic E-state index is -0.918. The van der Waals surface area contributed by atoms with Crippen LogP contribution in [-0.2, 0) is 16.1 Å². The number of ether oxygens (including phenoxy) is 2. The summed E-state index contributed by atoms with van der Waals surface area (Å²) < 4.78 is 11.6. The molecule has 2 aromatic carbocycles. The van der Waals surface area contributed by atoms with Crippen LogP contribution in [0.4, 0.5) is 0 Å². The van der Waals surface area contributed by atoms with Crippen LogP contribution in [0.25, 0.3) is 0 Å². The van der Waals surface area contributed by atoms with Gasteiger partial charge in [-0.2, -0.15) is 0 Å². The first-order valence-corrected chi connectivity index (χ1v) is 11.7. The van der Waals surface area contributed by atoms with Gasteiger partial charge in [-0.1, -0.05) is 85.7 Å². The molecule has 0 saturated heterocycles. The molecule has 0 bridgehead atoms. The Balaban J connectivity index is 1.77. The van der Waals surface area contributed by atoms with Gasteiger partial charge in [-0.3, -0.25) is 0 Å². The molecule has 1 unspecified atom stereocenters. The summed E-state index contributed by atoms with van der Waals surface area (Å²) >= 11 is 0. The predicted molar refractivity (Wildman–Crippen MR) is 133 cm³/mol. The molecule has 1 atom stereocenters. The molecule has 174 valence electrons. The number of hydrogen-bond acceptors (Lipinski definition) is 3. The number of aliphatic hydroxyl groups is 1. The van der Waals surface area contributed by atoms with E-state index in [9.17, 15) is 5.11 Å². The first kappa shape index (κ1) is 25.9. The zero-order chi connectivity index (χ0) is 23.3. The summed E-state index contributed by atoms with van der Waals surface area (Å²) in [5.41, 5.74) is 0.983. The van der Waals surface area contributed by atoms with Crippen molar-refractivity contribution >= 4 is 0 Å². The van der Waals surface area contributed by atoms with E-state index in [2.05, 4.69) is 48.5 Å². The molecular formula is C29H40O3. The van der Waals surface area contributed by atoms with Crippen molar-refractivity contribution in [1.29, 1.82) is 0 Å². The van der Waals surface area contributed by atoms with Crippen molar-refractivity contribution in [2.75, 3.05) is 6.61 Å². The molecule has 0 heterocycles. The highest BCUT2D eigenvalue weighted by Crippen LogP contribution is 2.26. The van der Waals surface area contributed by atoms with Crippen molar-refractivity contribution in [3.8, 4) is 0 Å². The van der Waals surface area contributed by atoms with Gasteiger partial charge >= 0.3 is 0 Å². The molecule has 0 radical (unpaired) electrons. The largest absolute Gasteiger partial charge is 0.492 e. The van der Waals surface area contributed by atoms with E-state index in [1.165, 1.54) is 11.1 Å². The summed E-state index contributed by atoms with van der Waals surface area (Å²) in [7, 11) is 0. The minimum absolute atomic E-state index is 0.369. The van der Waals surface area contributed by atoms with Gasteiger partial charge in [0.2, 0.25) is 0 Å². The molecule has 2 aromatic rings.